The summed E-state index contributed by atoms with van der Waals surface area (Å²) in [5, 5.41) is 10.5. The van der Waals surface area contributed by atoms with Crippen molar-refractivity contribution in [3.05, 3.63) is 54.1 Å². The van der Waals surface area contributed by atoms with Gasteiger partial charge in [0, 0.05) is 0 Å². The number of benzene rings is 2. The fourth-order valence-corrected chi connectivity index (χ4v) is 2.98. The van der Waals surface area contributed by atoms with Crippen LogP contribution >= 0.6 is 0 Å². The van der Waals surface area contributed by atoms with Gasteiger partial charge in [-0.25, -0.2) is 0 Å². The van der Waals surface area contributed by atoms with E-state index in [-0.39, 0.29) is 0 Å². The summed E-state index contributed by atoms with van der Waals surface area (Å²) in [5.41, 5.74) is 2.85. The van der Waals surface area contributed by atoms with E-state index in [1.54, 1.807) is 7.11 Å². The highest BCUT2D eigenvalue weighted by molar-refractivity contribution is 5.83. The molecule has 0 N–H and O–H groups in total. The highest BCUT2D eigenvalue weighted by atomic mass is 16.5. The Morgan fingerprint density at radius 1 is 0.929 bits per heavy atom. The molecule has 4 heteroatoms. The number of aliphatic carboxylic acids is 1. The van der Waals surface area contributed by atoms with Gasteiger partial charge in [-0.2, -0.15) is 0 Å². The topological polar surface area (TPSA) is 58.6 Å². The average molecular weight is 381 g/mol. The first-order valence-corrected chi connectivity index (χ1v) is 9.94. The summed E-state index contributed by atoms with van der Waals surface area (Å²) in [7, 11) is 1.64. The number of carboxylic acids is 1. The molecule has 150 valence electrons. The van der Waals surface area contributed by atoms with Crippen LogP contribution in [0.5, 0.6) is 11.5 Å². The van der Waals surface area contributed by atoms with Gasteiger partial charge in [-0.1, -0.05) is 75.4 Å². The SMILES string of the molecule is CCCCCCCCOc1cc(-c2ccc(/C=C/C(=O)[O-])cc2)ccc1OC. The number of rotatable bonds is 12. The van der Waals surface area contributed by atoms with Crippen molar-refractivity contribution < 1.29 is 19.4 Å². The molecular weight excluding hydrogens is 352 g/mol. The Hall–Kier alpha value is -2.75. The molecule has 0 heterocycles. The molecule has 0 atom stereocenters. The zero-order valence-corrected chi connectivity index (χ0v) is 16.8. The van der Waals surface area contributed by atoms with Crippen LogP contribution in [0.4, 0.5) is 0 Å². The van der Waals surface area contributed by atoms with Gasteiger partial charge in [0.1, 0.15) is 0 Å². The van der Waals surface area contributed by atoms with E-state index in [1.807, 2.05) is 42.5 Å². The predicted molar refractivity (Wildman–Crippen MR) is 111 cm³/mol. The van der Waals surface area contributed by atoms with Crippen LogP contribution in [0.1, 0.15) is 51.0 Å². The third-order valence-electron chi connectivity index (χ3n) is 4.57. The number of hydrogen-bond donors (Lipinski definition) is 0. The normalized spacial score (nSPS) is 10.9. The van der Waals surface area contributed by atoms with Crippen LogP contribution in [0.2, 0.25) is 0 Å². The smallest absolute Gasteiger partial charge is 0.161 e. The lowest BCUT2D eigenvalue weighted by atomic mass is 10.0. The Balaban J connectivity index is 2.00. The van der Waals surface area contributed by atoms with Crippen molar-refractivity contribution in [1.29, 1.82) is 0 Å². The van der Waals surface area contributed by atoms with Crippen molar-refractivity contribution >= 4 is 12.0 Å². The van der Waals surface area contributed by atoms with Crippen LogP contribution in [0.25, 0.3) is 17.2 Å². The van der Waals surface area contributed by atoms with Gasteiger partial charge in [0.2, 0.25) is 0 Å². The van der Waals surface area contributed by atoms with E-state index < -0.39 is 5.97 Å². The molecule has 2 rings (SSSR count). The van der Waals surface area contributed by atoms with Crippen LogP contribution in [-0.4, -0.2) is 19.7 Å². The van der Waals surface area contributed by atoms with Crippen LogP contribution < -0.4 is 14.6 Å². The zero-order valence-electron chi connectivity index (χ0n) is 16.8. The largest absolute Gasteiger partial charge is 0.545 e. The first kappa shape index (κ1) is 21.5. The second-order valence-electron chi connectivity index (χ2n) is 6.76. The standard InChI is InChI=1S/C24H30O4/c1-3-4-5-6-7-8-17-28-23-18-21(14-15-22(23)27-2)20-12-9-19(10-13-20)11-16-24(25)26/h9-16,18H,3-8,17H2,1-2H3,(H,25,26)/p-1/b16-11+. The van der Waals surface area contributed by atoms with Crippen molar-refractivity contribution in [2.45, 2.75) is 45.4 Å². The number of carboxylic acid groups (broad SMARTS) is 1. The molecule has 0 aromatic heterocycles. The zero-order chi connectivity index (χ0) is 20.2. The summed E-state index contributed by atoms with van der Waals surface area (Å²) in [6.07, 6.45) is 9.88. The van der Waals surface area contributed by atoms with Crippen LogP contribution in [0.3, 0.4) is 0 Å². The third-order valence-corrected chi connectivity index (χ3v) is 4.57. The molecule has 0 aliphatic heterocycles. The van der Waals surface area contributed by atoms with Gasteiger partial charge in [-0.3, -0.25) is 0 Å². The molecule has 2 aromatic rings. The third kappa shape index (κ3) is 7.10. The first-order valence-electron chi connectivity index (χ1n) is 9.94. The maximum absolute atomic E-state index is 10.5. The Morgan fingerprint density at radius 3 is 2.29 bits per heavy atom. The van der Waals surface area contributed by atoms with Crippen molar-refractivity contribution in [2.24, 2.45) is 0 Å². The lowest BCUT2D eigenvalue weighted by Crippen LogP contribution is -2.18. The molecule has 4 nitrogen and oxygen atoms in total. The lowest BCUT2D eigenvalue weighted by molar-refractivity contribution is -0.297. The van der Waals surface area contributed by atoms with E-state index >= 15 is 0 Å². The number of unbranched alkanes of at least 4 members (excludes halogenated alkanes) is 5. The minimum Gasteiger partial charge on any atom is -0.545 e. The van der Waals surface area contributed by atoms with Gasteiger partial charge in [0.15, 0.2) is 11.5 Å². The number of carbonyl (C=O) groups excluding carboxylic acids is 1. The molecule has 0 bridgehead atoms. The summed E-state index contributed by atoms with van der Waals surface area (Å²) >= 11 is 0. The molecule has 0 aliphatic carbocycles. The molecule has 2 aromatic carbocycles. The van der Waals surface area contributed by atoms with Gasteiger partial charge in [0.05, 0.1) is 19.7 Å². The molecule has 0 unspecified atom stereocenters. The van der Waals surface area contributed by atoms with Crippen LogP contribution in [0, 0.1) is 0 Å². The van der Waals surface area contributed by atoms with Crippen molar-refractivity contribution in [3.8, 4) is 22.6 Å². The molecule has 0 amide bonds. The van der Waals surface area contributed by atoms with Crippen molar-refractivity contribution in [1.82, 2.24) is 0 Å². The van der Waals surface area contributed by atoms with E-state index in [1.165, 1.54) is 38.2 Å². The number of hydrogen-bond acceptors (Lipinski definition) is 4. The number of ether oxygens (including phenoxy) is 2. The van der Waals surface area contributed by atoms with Crippen LogP contribution in [-0.2, 0) is 4.79 Å². The summed E-state index contributed by atoms with van der Waals surface area (Å²) in [4.78, 5) is 10.5. The highest BCUT2D eigenvalue weighted by Crippen LogP contribution is 2.33. The quantitative estimate of drug-likeness (QED) is 0.389. The Morgan fingerprint density at radius 2 is 1.61 bits per heavy atom. The summed E-state index contributed by atoms with van der Waals surface area (Å²) in [6.45, 7) is 2.90. The Labute approximate surface area is 167 Å². The monoisotopic (exact) mass is 381 g/mol. The van der Waals surface area contributed by atoms with E-state index in [4.69, 9.17) is 9.47 Å². The predicted octanol–water partition coefficient (Wildman–Crippen LogP) is 4.86. The average Bonchev–Trinajstić information content (AvgIpc) is 2.72. The van der Waals surface area contributed by atoms with E-state index in [9.17, 15) is 9.90 Å². The van der Waals surface area contributed by atoms with E-state index in [0.29, 0.717) is 6.61 Å². The van der Waals surface area contributed by atoms with Crippen LogP contribution in [0.15, 0.2) is 48.5 Å². The lowest BCUT2D eigenvalue weighted by Gasteiger charge is -2.13. The maximum atomic E-state index is 10.5. The summed E-state index contributed by atoms with van der Waals surface area (Å²) in [6, 6.07) is 13.5. The Kier molecular flexibility index (Phi) is 9.13. The number of methoxy groups -OCH3 is 1. The Bertz CT molecular complexity index is 763. The summed E-state index contributed by atoms with van der Waals surface area (Å²) < 4.78 is 11.4. The molecule has 0 spiro atoms. The minimum absolute atomic E-state index is 0.679. The minimum atomic E-state index is -1.20. The second kappa shape index (κ2) is 11.9. The number of carbonyl (C=O) groups is 1. The van der Waals surface area contributed by atoms with Gasteiger partial charge in [-0.15, -0.1) is 0 Å². The van der Waals surface area contributed by atoms with E-state index in [2.05, 4.69) is 6.92 Å². The fraction of sp³-hybridized carbons (Fsp3) is 0.375. The van der Waals surface area contributed by atoms with Gasteiger partial charge in [0.25, 0.3) is 0 Å². The first-order chi connectivity index (χ1) is 13.6. The van der Waals surface area contributed by atoms with Crippen molar-refractivity contribution in [2.75, 3.05) is 13.7 Å². The van der Waals surface area contributed by atoms with Gasteiger partial charge >= 0.3 is 0 Å². The van der Waals surface area contributed by atoms with Gasteiger partial charge < -0.3 is 19.4 Å². The second-order valence-corrected chi connectivity index (χ2v) is 6.76. The maximum Gasteiger partial charge on any atom is 0.161 e. The highest BCUT2D eigenvalue weighted by Gasteiger charge is 2.07. The fourth-order valence-electron chi connectivity index (χ4n) is 2.98. The molecule has 0 saturated carbocycles. The molecule has 0 saturated heterocycles. The molecule has 28 heavy (non-hydrogen) atoms. The van der Waals surface area contributed by atoms with E-state index in [0.717, 1.165) is 40.7 Å². The molecule has 0 fully saturated rings. The molecule has 0 aliphatic rings. The van der Waals surface area contributed by atoms with Gasteiger partial charge in [-0.05, 0) is 41.3 Å². The summed E-state index contributed by atoms with van der Waals surface area (Å²) in [5.74, 6) is 0.268. The molecular formula is C24H29O4-. The van der Waals surface area contributed by atoms with Crippen molar-refractivity contribution in [3.63, 3.8) is 0 Å². The molecule has 0 radical (unpaired) electrons.